The van der Waals surface area contributed by atoms with E-state index in [1.807, 2.05) is 30.3 Å². The Kier molecular flexibility index (Phi) is 6.00. The molecule has 4 rings (SSSR count). The van der Waals surface area contributed by atoms with E-state index in [0.717, 1.165) is 22.2 Å². The summed E-state index contributed by atoms with van der Waals surface area (Å²) in [5.41, 5.74) is 1.63. The Hall–Kier alpha value is -2.99. The molecule has 7 heteroatoms. The van der Waals surface area contributed by atoms with Crippen molar-refractivity contribution in [2.45, 2.75) is 12.8 Å². The molecule has 0 radical (unpaired) electrons. The molecule has 1 aromatic heterocycles. The summed E-state index contributed by atoms with van der Waals surface area (Å²) in [4.78, 5) is 16.6. The Morgan fingerprint density at radius 1 is 1.17 bits per heavy atom. The van der Waals surface area contributed by atoms with Gasteiger partial charge in [-0.2, -0.15) is 0 Å². The van der Waals surface area contributed by atoms with Crippen LogP contribution in [0.15, 0.2) is 48.7 Å². The number of benzene rings is 2. The lowest BCUT2D eigenvalue weighted by Gasteiger charge is -2.20. The molecule has 1 aliphatic rings. The second kappa shape index (κ2) is 9.01. The molecule has 6 nitrogen and oxygen atoms in total. The minimum Gasteiger partial charge on any atom is -0.491 e. The van der Waals surface area contributed by atoms with Gasteiger partial charge < -0.3 is 19.5 Å². The zero-order valence-corrected chi connectivity index (χ0v) is 16.6. The zero-order chi connectivity index (χ0) is 20.1. The van der Waals surface area contributed by atoms with Crippen LogP contribution < -0.4 is 19.5 Å². The summed E-state index contributed by atoms with van der Waals surface area (Å²) in [6, 6.07) is 13.3. The van der Waals surface area contributed by atoms with E-state index < -0.39 is 0 Å². The molecule has 29 heavy (non-hydrogen) atoms. The van der Waals surface area contributed by atoms with Gasteiger partial charge in [-0.3, -0.25) is 9.78 Å². The van der Waals surface area contributed by atoms with E-state index in [1.54, 1.807) is 18.3 Å². The van der Waals surface area contributed by atoms with Crippen LogP contribution in [0.3, 0.4) is 0 Å². The first-order valence-corrected chi connectivity index (χ1v) is 9.90. The predicted molar refractivity (Wildman–Crippen MR) is 111 cm³/mol. The van der Waals surface area contributed by atoms with Crippen molar-refractivity contribution < 1.29 is 19.0 Å². The second-order valence-electron chi connectivity index (χ2n) is 6.66. The molecule has 1 N–H and O–H groups in total. The molecule has 0 atom stereocenters. The SMILES string of the molecule is O=C(Cc1cc(Cl)c2c(c1)OCCO2)NCCCOc1cccc2cccnc12. The molecule has 0 fully saturated rings. The van der Waals surface area contributed by atoms with Crippen molar-refractivity contribution in [2.75, 3.05) is 26.4 Å². The van der Waals surface area contributed by atoms with Crippen molar-refractivity contribution in [1.82, 2.24) is 10.3 Å². The number of pyridine rings is 1. The van der Waals surface area contributed by atoms with Crippen LogP contribution in [0.1, 0.15) is 12.0 Å². The first kappa shape index (κ1) is 19.3. The van der Waals surface area contributed by atoms with Crippen molar-refractivity contribution in [2.24, 2.45) is 0 Å². The fraction of sp³-hybridized carbons (Fsp3) is 0.273. The van der Waals surface area contributed by atoms with Gasteiger partial charge in [-0.05, 0) is 36.2 Å². The Morgan fingerprint density at radius 2 is 2.03 bits per heavy atom. The van der Waals surface area contributed by atoms with Crippen LogP contribution in [-0.2, 0) is 11.2 Å². The van der Waals surface area contributed by atoms with Gasteiger partial charge >= 0.3 is 0 Å². The summed E-state index contributed by atoms with van der Waals surface area (Å²) in [5.74, 6) is 1.80. The summed E-state index contributed by atoms with van der Waals surface area (Å²) >= 11 is 6.22. The quantitative estimate of drug-likeness (QED) is 0.598. The first-order chi connectivity index (χ1) is 14.2. The summed E-state index contributed by atoms with van der Waals surface area (Å²) in [6.45, 7) is 1.97. The zero-order valence-electron chi connectivity index (χ0n) is 15.8. The van der Waals surface area contributed by atoms with Gasteiger partial charge in [-0.1, -0.05) is 29.8 Å². The number of aromatic nitrogens is 1. The monoisotopic (exact) mass is 412 g/mol. The molecule has 2 heterocycles. The highest BCUT2D eigenvalue weighted by Crippen LogP contribution is 2.38. The maximum absolute atomic E-state index is 12.2. The van der Waals surface area contributed by atoms with Crippen molar-refractivity contribution in [3.05, 3.63) is 59.2 Å². The maximum atomic E-state index is 12.2. The molecular formula is C22H21ClN2O4. The van der Waals surface area contributed by atoms with Gasteiger partial charge in [0.05, 0.1) is 18.1 Å². The normalized spacial score (nSPS) is 12.6. The largest absolute Gasteiger partial charge is 0.491 e. The van der Waals surface area contributed by atoms with Gasteiger partial charge in [-0.15, -0.1) is 0 Å². The summed E-state index contributed by atoms with van der Waals surface area (Å²) < 4.78 is 16.9. The van der Waals surface area contributed by atoms with Crippen molar-refractivity contribution in [3.63, 3.8) is 0 Å². The van der Waals surface area contributed by atoms with Crippen molar-refractivity contribution >= 4 is 28.4 Å². The number of halogens is 1. The number of ether oxygens (including phenoxy) is 3. The fourth-order valence-corrected chi connectivity index (χ4v) is 3.48. The van der Waals surface area contributed by atoms with Crippen LogP contribution in [0, 0.1) is 0 Å². The molecule has 0 saturated carbocycles. The van der Waals surface area contributed by atoms with E-state index in [4.69, 9.17) is 25.8 Å². The lowest BCUT2D eigenvalue weighted by atomic mass is 10.1. The number of nitrogens with one attached hydrogen (secondary N) is 1. The molecule has 0 unspecified atom stereocenters. The Morgan fingerprint density at radius 3 is 2.97 bits per heavy atom. The highest BCUT2D eigenvalue weighted by Gasteiger charge is 2.17. The number of amides is 1. The second-order valence-corrected chi connectivity index (χ2v) is 7.07. The van der Waals surface area contributed by atoms with Crippen LogP contribution in [0.25, 0.3) is 10.9 Å². The lowest BCUT2D eigenvalue weighted by Crippen LogP contribution is -2.27. The van der Waals surface area contributed by atoms with Crippen LogP contribution in [0.5, 0.6) is 17.2 Å². The van der Waals surface area contributed by atoms with Gasteiger partial charge in [0.15, 0.2) is 11.5 Å². The van der Waals surface area contributed by atoms with E-state index in [2.05, 4.69) is 10.3 Å². The number of nitrogens with zero attached hydrogens (tertiary/aromatic N) is 1. The topological polar surface area (TPSA) is 69.7 Å². The molecule has 0 bridgehead atoms. The minimum atomic E-state index is -0.0791. The molecule has 1 aliphatic heterocycles. The Labute approximate surface area is 173 Å². The lowest BCUT2D eigenvalue weighted by molar-refractivity contribution is -0.120. The van der Waals surface area contributed by atoms with E-state index in [9.17, 15) is 4.79 Å². The number of hydrogen-bond donors (Lipinski definition) is 1. The summed E-state index contributed by atoms with van der Waals surface area (Å²) in [5, 5.41) is 4.40. The van der Waals surface area contributed by atoms with Gasteiger partial charge in [0, 0.05) is 18.1 Å². The minimum absolute atomic E-state index is 0.0791. The first-order valence-electron chi connectivity index (χ1n) is 9.52. The average Bonchev–Trinajstić information content (AvgIpc) is 2.73. The Bertz CT molecular complexity index is 1020. The fourth-order valence-electron chi connectivity index (χ4n) is 3.19. The molecule has 2 aromatic carbocycles. The number of para-hydroxylation sites is 1. The highest BCUT2D eigenvalue weighted by atomic mass is 35.5. The average molecular weight is 413 g/mol. The van der Waals surface area contributed by atoms with E-state index >= 15 is 0 Å². The van der Waals surface area contributed by atoms with Crippen molar-refractivity contribution in [1.29, 1.82) is 0 Å². The molecule has 0 spiro atoms. The number of rotatable bonds is 7. The number of carbonyl (C=O) groups is 1. The van der Waals surface area contributed by atoms with E-state index in [-0.39, 0.29) is 12.3 Å². The molecule has 150 valence electrons. The van der Waals surface area contributed by atoms with Gasteiger partial charge in [-0.25, -0.2) is 0 Å². The standard InChI is InChI=1S/C22H21ClN2O4/c23-17-12-15(13-19-22(17)29-11-10-28-19)14-20(26)24-8-3-9-27-18-6-1-4-16-5-2-7-25-21(16)18/h1-2,4-7,12-13H,3,8-11,14H2,(H,24,26). The van der Waals surface area contributed by atoms with Crippen LogP contribution >= 0.6 is 11.6 Å². The summed E-state index contributed by atoms with van der Waals surface area (Å²) in [7, 11) is 0. The van der Waals surface area contributed by atoms with Crippen molar-refractivity contribution in [3.8, 4) is 17.2 Å². The van der Waals surface area contributed by atoms with Crippen LogP contribution in [-0.4, -0.2) is 37.3 Å². The molecule has 1 amide bonds. The number of fused-ring (bicyclic) bond motifs is 2. The highest BCUT2D eigenvalue weighted by molar-refractivity contribution is 6.32. The maximum Gasteiger partial charge on any atom is 0.224 e. The predicted octanol–water partition coefficient (Wildman–Crippen LogP) is 3.79. The van der Waals surface area contributed by atoms with E-state index in [0.29, 0.717) is 49.3 Å². The van der Waals surface area contributed by atoms with Crippen LogP contribution in [0.2, 0.25) is 5.02 Å². The van der Waals surface area contributed by atoms with Gasteiger partial charge in [0.25, 0.3) is 0 Å². The smallest absolute Gasteiger partial charge is 0.224 e. The molecule has 0 aliphatic carbocycles. The van der Waals surface area contributed by atoms with Gasteiger partial charge in [0.1, 0.15) is 24.5 Å². The molecule has 0 saturated heterocycles. The Balaban J connectivity index is 1.24. The summed E-state index contributed by atoms with van der Waals surface area (Å²) in [6.07, 6.45) is 2.67. The van der Waals surface area contributed by atoms with Gasteiger partial charge in [0.2, 0.25) is 5.91 Å². The third-order valence-electron chi connectivity index (χ3n) is 4.52. The third-order valence-corrected chi connectivity index (χ3v) is 4.80. The van der Waals surface area contributed by atoms with E-state index in [1.165, 1.54) is 0 Å². The molecular weight excluding hydrogens is 392 g/mol. The number of carbonyl (C=O) groups excluding carboxylic acids is 1. The van der Waals surface area contributed by atoms with Crippen LogP contribution in [0.4, 0.5) is 0 Å². The molecule has 3 aromatic rings. The third kappa shape index (κ3) is 4.71. The number of hydrogen-bond acceptors (Lipinski definition) is 5.